The van der Waals surface area contributed by atoms with Crippen LogP contribution in [0.1, 0.15) is 37.7 Å². The van der Waals surface area contributed by atoms with Gasteiger partial charge in [-0.15, -0.1) is 0 Å². The highest BCUT2D eigenvalue weighted by molar-refractivity contribution is 5.81. The van der Waals surface area contributed by atoms with Gasteiger partial charge in [0.2, 0.25) is 5.91 Å². The molecule has 0 saturated carbocycles. The van der Waals surface area contributed by atoms with E-state index in [4.69, 9.17) is 0 Å². The lowest BCUT2D eigenvalue weighted by molar-refractivity contribution is -0.128. The minimum absolute atomic E-state index is 0.0346. The molecule has 0 aliphatic carbocycles. The molecule has 0 bridgehead atoms. The standard InChI is InChI=1S/C17H23N3O/c1-13-5-7-14(8-6-13)12-20-10-9-18-15(20)11-19-16(21)17(2,3)4/h5-10H,11-12H2,1-4H3,(H,19,21). The zero-order chi connectivity index (χ0) is 15.5. The molecule has 0 aliphatic rings. The van der Waals surface area contributed by atoms with Crippen molar-refractivity contribution in [2.75, 3.05) is 0 Å². The molecule has 0 fully saturated rings. The molecule has 0 unspecified atom stereocenters. The maximum Gasteiger partial charge on any atom is 0.225 e. The van der Waals surface area contributed by atoms with Crippen molar-refractivity contribution in [3.05, 3.63) is 53.6 Å². The summed E-state index contributed by atoms with van der Waals surface area (Å²) in [5, 5.41) is 2.94. The van der Waals surface area contributed by atoms with Crippen LogP contribution in [0.15, 0.2) is 36.7 Å². The lowest BCUT2D eigenvalue weighted by atomic mass is 9.96. The van der Waals surface area contributed by atoms with E-state index in [-0.39, 0.29) is 11.3 Å². The van der Waals surface area contributed by atoms with Gasteiger partial charge in [0.1, 0.15) is 5.82 Å². The fourth-order valence-corrected chi connectivity index (χ4v) is 1.97. The molecular formula is C17H23N3O. The number of benzene rings is 1. The Balaban J connectivity index is 2.02. The van der Waals surface area contributed by atoms with Crippen molar-refractivity contribution < 1.29 is 4.79 Å². The number of hydrogen-bond donors (Lipinski definition) is 1. The number of nitrogens with zero attached hydrogens (tertiary/aromatic N) is 2. The van der Waals surface area contributed by atoms with Gasteiger partial charge in [-0.05, 0) is 12.5 Å². The molecule has 21 heavy (non-hydrogen) atoms. The summed E-state index contributed by atoms with van der Waals surface area (Å²) in [5.41, 5.74) is 2.10. The summed E-state index contributed by atoms with van der Waals surface area (Å²) in [4.78, 5) is 16.3. The number of carbonyl (C=O) groups excluding carboxylic acids is 1. The summed E-state index contributed by atoms with van der Waals surface area (Å²) >= 11 is 0. The van der Waals surface area contributed by atoms with Gasteiger partial charge >= 0.3 is 0 Å². The quantitative estimate of drug-likeness (QED) is 0.939. The van der Waals surface area contributed by atoms with Crippen molar-refractivity contribution in [1.82, 2.24) is 14.9 Å². The SMILES string of the molecule is Cc1ccc(Cn2ccnc2CNC(=O)C(C)(C)C)cc1. The van der Waals surface area contributed by atoms with Crippen molar-refractivity contribution in [2.45, 2.75) is 40.8 Å². The first-order valence-electron chi connectivity index (χ1n) is 7.20. The molecule has 0 saturated heterocycles. The summed E-state index contributed by atoms with van der Waals surface area (Å²) in [6.07, 6.45) is 3.71. The molecule has 0 aliphatic heterocycles. The van der Waals surface area contributed by atoms with Gasteiger partial charge in [0.15, 0.2) is 0 Å². The Labute approximate surface area is 126 Å². The van der Waals surface area contributed by atoms with E-state index in [1.807, 2.05) is 27.0 Å². The van der Waals surface area contributed by atoms with Crippen LogP contribution in [0.5, 0.6) is 0 Å². The lowest BCUT2D eigenvalue weighted by Crippen LogP contribution is -2.35. The zero-order valence-electron chi connectivity index (χ0n) is 13.2. The van der Waals surface area contributed by atoms with Gasteiger partial charge in [0.25, 0.3) is 0 Å². The largest absolute Gasteiger partial charge is 0.348 e. The van der Waals surface area contributed by atoms with Crippen molar-refractivity contribution in [1.29, 1.82) is 0 Å². The van der Waals surface area contributed by atoms with E-state index >= 15 is 0 Å². The Kier molecular flexibility index (Phi) is 4.46. The van der Waals surface area contributed by atoms with E-state index in [0.717, 1.165) is 12.4 Å². The first-order chi connectivity index (χ1) is 9.86. The number of amides is 1. The average Bonchev–Trinajstić information content (AvgIpc) is 2.85. The third-order valence-corrected chi connectivity index (χ3v) is 3.36. The van der Waals surface area contributed by atoms with Crippen LogP contribution in [0.25, 0.3) is 0 Å². The second-order valence-corrected chi connectivity index (χ2v) is 6.39. The number of carbonyl (C=O) groups is 1. The smallest absolute Gasteiger partial charge is 0.225 e. The van der Waals surface area contributed by atoms with Crippen LogP contribution in [0.2, 0.25) is 0 Å². The highest BCUT2D eigenvalue weighted by Crippen LogP contribution is 2.13. The summed E-state index contributed by atoms with van der Waals surface area (Å²) in [5.74, 6) is 0.903. The fraction of sp³-hybridized carbons (Fsp3) is 0.412. The molecule has 4 heteroatoms. The normalized spacial score (nSPS) is 11.4. The first-order valence-corrected chi connectivity index (χ1v) is 7.20. The Morgan fingerprint density at radius 2 is 1.90 bits per heavy atom. The van der Waals surface area contributed by atoms with E-state index in [1.165, 1.54) is 11.1 Å². The van der Waals surface area contributed by atoms with E-state index < -0.39 is 0 Å². The number of aromatic nitrogens is 2. The van der Waals surface area contributed by atoms with Crippen molar-refractivity contribution in [2.24, 2.45) is 5.41 Å². The molecule has 0 radical (unpaired) electrons. The maximum atomic E-state index is 11.9. The van der Waals surface area contributed by atoms with Gasteiger partial charge in [-0.3, -0.25) is 4.79 Å². The van der Waals surface area contributed by atoms with Crippen LogP contribution in [0, 0.1) is 12.3 Å². The molecule has 1 heterocycles. The van der Waals surface area contributed by atoms with Crippen LogP contribution < -0.4 is 5.32 Å². The minimum Gasteiger partial charge on any atom is -0.348 e. The predicted molar refractivity (Wildman–Crippen MR) is 83.8 cm³/mol. The van der Waals surface area contributed by atoms with Crippen LogP contribution in [0.3, 0.4) is 0 Å². The van der Waals surface area contributed by atoms with Crippen LogP contribution >= 0.6 is 0 Å². The summed E-state index contributed by atoms with van der Waals surface area (Å²) in [6, 6.07) is 8.44. The van der Waals surface area contributed by atoms with Crippen molar-refractivity contribution >= 4 is 5.91 Å². The Bertz CT molecular complexity index is 606. The van der Waals surface area contributed by atoms with E-state index in [9.17, 15) is 4.79 Å². The van der Waals surface area contributed by atoms with E-state index in [2.05, 4.69) is 46.1 Å². The van der Waals surface area contributed by atoms with Gasteiger partial charge in [0, 0.05) is 24.4 Å². The minimum atomic E-state index is -0.381. The number of imidazole rings is 1. The first kappa shape index (κ1) is 15.3. The monoisotopic (exact) mass is 285 g/mol. The molecule has 1 aromatic heterocycles. The van der Waals surface area contributed by atoms with Crippen molar-refractivity contribution in [3.63, 3.8) is 0 Å². The molecule has 112 valence electrons. The molecule has 1 amide bonds. The molecule has 2 rings (SSSR count). The second-order valence-electron chi connectivity index (χ2n) is 6.39. The number of aryl methyl sites for hydroxylation is 1. The Morgan fingerprint density at radius 3 is 2.52 bits per heavy atom. The highest BCUT2D eigenvalue weighted by Gasteiger charge is 2.21. The third-order valence-electron chi connectivity index (χ3n) is 3.36. The van der Waals surface area contributed by atoms with E-state index in [1.54, 1.807) is 6.20 Å². The summed E-state index contributed by atoms with van der Waals surface area (Å²) in [7, 11) is 0. The van der Waals surface area contributed by atoms with Crippen LogP contribution in [-0.4, -0.2) is 15.5 Å². The molecule has 2 aromatic rings. The van der Waals surface area contributed by atoms with E-state index in [0.29, 0.717) is 6.54 Å². The molecule has 4 nitrogen and oxygen atoms in total. The zero-order valence-corrected chi connectivity index (χ0v) is 13.2. The van der Waals surface area contributed by atoms with Gasteiger partial charge in [-0.1, -0.05) is 50.6 Å². The number of nitrogens with one attached hydrogen (secondary N) is 1. The molecular weight excluding hydrogens is 262 g/mol. The van der Waals surface area contributed by atoms with Gasteiger partial charge in [-0.2, -0.15) is 0 Å². The maximum absolute atomic E-state index is 11.9. The third kappa shape index (κ3) is 4.18. The Morgan fingerprint density at radius 1 is 1.24 bits per heavy atom. The second kappa shape index (κ2) is 6.12. The predicted octanol–water partition coefficient (Wildman–Crippen LogP) is 2.90. The molecule has 0 spiro atoms. The Hall–Kier alpha value is -2.10. The summed E-state index contributed by atoms with van der Waals surface area (Å²) < 4.78 is 2.06. The van der Waals surface area contributed by atoms with Gasteiger partial charge in [-0.25, -0.2) is 4.98 Å². The summed E-state index contributed by atoms with van der Waals surface area (Å²) in [6.45, 7) is 9.01. The number of hydrogen-bond acceptors (Lipinski definition) is 2. The van der Waals surface area contributed by atoms with Crippen LogP contribution in [0.4, 0.5) is 0 Å². The van der Waals surface area contributed by atoms with Crippen LogP contribution in [-0.2, 0) is 17.9 Å². The molecule has 1 aromatic carbocycles. The molecule has 1 N–H and O–H groups in total. The lowest BCUT2D eigenvalue weighted by Gasteiger charge is -2.17. The fourth-order valence-electron chi connectivity index (χ4n) is 1.97. The highest BCUT2D eigenvalue weighted by atomic mass is 16.2. The topological polar surface area (TPSA) is 46.9 Å². The van der Waals surface area contributed by atoms with Gasteiger partial charge < -0.3 is 9.88 Å². The van der Waals surface area contributed by atoms with Crippen molar-refractivity contribution in [3.8, 4) is 0 Å². The average molecular weight is 285 g/mol. The number of rotatable bonds is 4. The van der Waals surface area contributed by atoms with Gasteiger partial charge in [0.05, 0.1) is 6.54 Å². The molecule has 0 atom stereocenters.